The van der Waals surface area contributed by atoms with E-state index in [9.17, 15) is 14.4 Å². The third-order valence-electron chi connectivity index (χ3n) is 2.03. The zero-order chi connectivity index (χ0) is 10.1. The second-order valence-corrected chi connectivity index (χ2v) is 2.93. The molecule has 70 valence electrons. The number of esters is 2. The van der Waals surface area contributed by atoms with Gasteiger partial charge in [0.05, 0.1) is 11.1 Å². The van der Waals surface area contributed by atoms with Crippen LogP contribution in [0.15, 0.2) is 18.2 Å². The topological polar surface area (TPSA) is 60.4 Å². The summed E-state index contributed by atoms with van der Waals surface area (Å²) >= 11 is 0. The lowest BCUT2D eigenvalue weighted by molar-refractivity contribution is -0.107. The molecular weight excluding hydrogens is 184 g/mol. The molecule has 2 rings (SSSR count). The largest absolute Gasteiger partial charge is 0.386 e. The van der Waals surface area contributed by atoms with E-state index in [1.807, 2.05) is 0 Å². The van der Waals surface area contributed by atoms with Gasteiger partial charge in [-0.3, -0.25) is 0 Å². The number of rotatable bonds is 2. The number of hydrogen-bond acceptors (Lipinski definition) is 4. The highest BCUT2D eigenvalue weighted by atomic mass is 16.6. The van der Waals surface area contributed by atoms with Crippen LogP contribution < -0.4 is 0 Å². The molecule has 0 aliphatic carbocycles. The van der Waals surface area contributed by atoms with Gasteiger partial charge < -0.3 is 9.53 Å². The van der Waals surface area contributed by atoms with Crippen LogP contribution in [0.1, 0.15) is 26.3 Å². The number of fused-ring (bicyclic) bond motifs is 1. The van der Waals surface area contributed by atoms with Crippen LogP contribution in [0.3, 0.4) is 0 Å². The molecule has 4 nitrogen and oxygen atoms in total. The standard InChI is InChI=1S/C10H6O4/c11-4-3-6-1-2-7-8(5-6)10(13)14-9(7)12/h1-2,4-5H,3H2. The number of carbonyl (C=O) groups excluding carboxylic acids is 3. The Hall–Kier alpha value is -1.97. The van der Waals surface area contributed by atoms with Crippen LogP contribution in [0.4, 0.5) is 0 Å². The predicted molar refractivity (Wildman–Crippen MR) is 46.0 cm³/mol. The first kappa shape index (κ1) is 8.62. The highest BCUT2D eigenvalue weighted by molar-refractivity contribution is 6.14. The average Bonchev–Trinajstić information content (AvgIpc) is 2.43. The van der Waals surface area contributed by atoms with Crippen molar-refractivity contribution in [3.05, 3.63) is 34.9 Å². The Morgan fingerprint density at radius 2 is 1.86 bits per heavy atom. The fourth-order valence-corrected chi connectivity index (χ4v) is 1.36. The molecular formula is C10H6O4. The Bertz CT molecular complexity index is 434. The highest BCUT2D eigenvalue weighted by Crippen LogP contribution is 2.20. The van der Waals surface area contributed by atoms with E-state index >= 15 is 0 Å². The van der Waals surface area contributed by atoms with Gasteiger partial charge in [-0.1, -0.05) is 6.07 Å². The fraction of sp³-hybridized carbons (Fsp3) is 0.100. The summed E-state index contributed by atoms with van der Waals surface area (Å²) < 4.78 is 4.40. The van der Waals surface area contributed by atoms with Crippen molar-refractivity contribution in [2.75, 3.05) is 0 Å². The molecule has 1 aromatic carbocycles. The van der Waals surface area contributed by atoms with Gasteiger partial charge in [0.25, 0.3) is 0 Å². The molecule has 1 heterocycles. The predicted octanol–water partition coefficient (Wildman–Crippen LogP) is 0.739. The summed E-state index contributed by atoms with van der Waals surface area (Å²) in [6.07, 6.45) is 0.971. The Morgan fingerprint density at radius 3 is 2.57 bits per heavy atom. The second-order valence-electron chi connectivity index (χ2n) is 2.93. The molecule has 0 bridgehead atoms. The Labute approximate surface area is 79.5 Å². The smallest absolute Gasteiger partial charge is 0.346 e. The lowest BCUT2D eigenvalue weighted by atomic mass is 10.0. The van der Waals surface area contributed by atoms with Crippen molar-refractivity contribution in [1.82, 2.24) is 0 Å². The third kappa shape index (κ3) is 1.21. The number of benzene rings is 1. The first-order valence-electron chi connectivity index (χ1n) is 4.05. The number of cyclic esters (lactones) is 2. The highest BCUT2D eigenvalue weighted by Gasteiger charge is 2.29. The quantitative estimate of drug-likeness (QED) is 0.392. The first-order chi connectivity index (χ1) is 6.72. The van der Waals surface area contributed by atoms with Crippen molar-refractivity contribution in [3.63, 3.8) is 0 Å². The SMILES string of the molecule is O=CCc1ccc2c(c1)C(=O)OC2=O. The van der Waals surface area contributed by atoms with Gasteiger partial charge in [0.15, 0.2) is 0 Å². The summed E-state index contributed by atoms with van der Waals surface area (Å²) in [5.74, 6) is -1.26. The molecule has 0 saturated carbocycles. The van der Waals surface area contributed by atoms with Crippen LogP contribution in [-0.4, -0.2) is 18.2 Å². The molecule has 1 aliphatic heterocycles. The molecule has 0 spiro atoms. The second kappa shape index (κ2) is 3.06. The molecule has 14 heavy (non-hydrogen) atoms. The Morgan fingerprint density at radius 1 is 1.14 bits per heavy atom. The minimum Gasteiger partial charge on any atom is -0.386 e. The molecule has 0 amide bonds. The maximum absolute atomic E-state index is 11.1. The zero-order valence-corrected chi connectivity index (χ0v) is 7.15. The van der Waals surface area contributed by atoms with Crippen LogP contribution in [0.5, 0.6) is 0 Å². The number of hydrogen-bond donors (Lipinski definition) is 0. The van der Waals surface area contributed by atoms with Gasteiger partial charge in [-0.05, 0) is 17.7 Å². The lowest BCUT2D eigenvalue weighted by Crippen LogP contribution is -1.97. The van der Waals surface area contributed by atoms with Crippen molar-refractivity contribution in [1.29, 1.82) is 0 Å². The minimum absolute atomic E-state index is 0.231. The lowest BCUT2D eigenvalue weighted by Gasteiger charge is -1.96. The number of carbonyl (C=O) groups is 3. The number of aldehydes is 1. The van der Waals surface area contributed by atoms with E-state index in [0.29, 0.717) is 5.56 Å². The maximum atomic E-state index is 11.1. The van der Waals surface area contributed by atoms with Gasteiger partial charge in [-0.25, -0.2) is 9.59 Å². The Kier molecular flexibility index (Phi) is 1.89. The van der Waals surface area contributed by atoms with E-state index in [0.717, 1.165) is 6.29 Å². The summed E-state index contributed by atoms with van der Waals surface area (Å²) in [7, 11) is 0. The molecule has 4 heteroatoms. The van der Waals surface area contributed by atoms with E-state index in [4.69, 9.17) is 0 Å². The average molecular weight is 190 g/mol. The van der Waals surface area contributed by atoms with Gasteiger partial charge in [0.2, 0.25) is 0 Å². The summed E-state index contributed by atoms with van der Waals surface area (Å²) in [6.45, 7) is 0. The molecule has 0 aromatic heterocycles. The van der Waals surface area contributed by atoms with Crippen LogP contribution in [0, 0.1) is 0 Å². The molecule has 0 N–H and O–H groups in total. The van der Waals surface area contributed by atoms with Gasteiger partial charge in [-0.2, -0.15) is 0 Å². The van der Waals surface area contributed by atoms with E-state index < -0.39 is 11.9 Å². The molecule has 0 unspecified atom stereocenters. The molecule has 0 fully saturated rings. The monoisotopic (exact) mass is 190 g/mol. The van der Waals surface area contributed by atoms with Gasteiger partial charge >= 0.3 is 11.9 Å². The Balaban J connectivity index is 2.49. The van der Waals surface area contributed by atoms with Crippen LogP contribution in [0.2, 0.25) is 0 Å². The van der Waals surface area contributed by atoms with Crippen LogP contribution in [-0.2, 0) is 16.0 Å². The zero-order valence-electron chi connectivity index (χ0n) is 7.15. The van der Waals surface area contributed by atoms with Gasteiger partial charge in [0, 0.05) is 6.42 Å². The van der Waals surface area contributed by atoms with E-state index in [1.165, 1.54) is 12.1 Å². The normalized spacial score (nSPS) is 13.7. The fourth-order valence-electron chi connectivity index (χ4n) is 1.36. The summed E-state index contributed by atoms with van der Waals surface area (Å²) in [4.78, 5) is 32.4. The molecule has 0 radical (unpaired) electrons. The van der Waals surface area contributed by atoms with E-state index in [1.54, 1.807) is 6.07 Å². The third-order valence-corrected chi connectivity index (χ3v) is 2.03. The van der Waals surface area contributed by atoms with E-state index in [2.05, 4.69) is 4.74 Å². The molecule has 1 aromatic rings. The van der Waals surface area contributed by atoms with E-state index in [-0.39, 0.29) is 17.5 Å². The van der Waals surface area contributed by atoms with Crippen molar-refractivity contribution in [3.8, 4) is 0 Å². The molecule has 0 saturated heterocycles. The summed E-state index contributed by atoms with van der Waals surface area (Å²) in [5, 5.41) is 0. The summed E-state index contributed by atoms with van der Waals surface area (Å²) in [6, 6.07) is 4.64. The van der Waals surface area contributed by atoms with Crippen molar-refractivity contribution in [2.45, 2.75) is 6.42 Å². The van der Waals surface area contributed by atoms with Crippen LogP contribution in [0.25, 0.3) is 0 Å². The van der Waals surface area contributed by atoms with Gasteiger partial charge in [0.1, 0.15) is 6.29 Å². The number of ether oxygens (including phenoxy) is 1. The molecule has 1 aliphatic rings. The van der Waals surface area contributed by atoms with Crippen molar-refractivity contribution < 1.29 is 19.1 Å². The van der Waals surface area contributed by atoms with Crippen molar-refractivity contribution >= 4 is 18.2 Å². The minimum atomic E-state index is -0.641. The summed E-state index contributed by atoms with van der Waals surface area (Å²) in [5.41, 5.74) is 1.21. The first-order valence-corrected chi connectivity index (χ1v) is 4.05. The van der Waals surface area contributed by atoms with Crippen molar-refractivity contribution in [2.24, 2.45) is 0 Å². The maximum Gasteiger partial charge on any atom is 0.346 e. The molecule has 0 atom stereocenters. The van der Waals surface area contributed by atoms with Gasteiger partial charge in [-0.15, -0.1) is 0 Å². The van der Waals surface area contributed by atoms with Crippen LogP contribution >= 0.6 is 0 Å².